The first kappa shape index (κ1) is 46.3. The molecule has 4 aliphatic heterocycles. The number of piperazine rings is 1. The van der Waals surface area contributed by atoms with Gasteiger partial charge >= 0.3 is 7.60 Å². The predicted octanol–water partition coefficient (Wildman–Crippen LogP) is 6.18. The zero-order valence-corrected chi connectivity index (χ0v) is 39.1. The molecule has 3 N–H and O–H groups in total. The van der Waals surface area contributed by atoms with Crippen LogP contribution in [0.15, 0.2) is 71.8 Å². The van der Waals surface area contributed by atoms with Crippen LogP contribution in [0.1, 0.15) is 54.4 Å². The average molecular weight is 946 g/mol. The van der Waals surface area contributed by atoms with Crippen LogP contribution >= 0.6 is 31.0 Å². The number of carbonyl (C=O) groups is 4. The van der Waals surface area contributed by atoms with Gasteiger partial charge in [0.05, 0.1) is 30.0 Å². The number of amides is 4. The molecule has 8 rings (SSSR count). The van der Waals surface area contributed by atoms with E-state index in [1.165, 1.54) is 20.4 Å². The van der Waals surface area contributed by atoms with Crippen molar-refractivity contribution in [3.8, 4) is 5.75 Å². The number of anilines is 5. The van der Waals surface area contributed by atoms with Gasteiger partial charge in [-0.2, -0.15) is 4.98 Å². The van der Waals surface area contributed by atoms with Crippen LogP contribution in [0.4, 0.5) is 28.8 Å². The summed E-state index contributed by atoms with van der Waals surface area (Å²) in [6.45, 7) is 5.32. The van der Waals surface area contributed by atoms with Crippen molar-refractivity contribution in [3.05, 3.63) is 83.0 Å². The minimum Gasteiger partial charge on any atom is -0.494 e. The quantitative estimate of drug-likeness (QED) is 0.0500. The summed E-state index contributed by atoms with van der Waals surface area (Å²) in [5, 5.41) is 9.34. The van der Waals surface area contributed by atoms with Gasteiger partial charge in [-0.05, 0) is 79.5 Å². The minimum atomic E-state index is -3.57. The lowest BCUT2D eigenvalue weighted by Gasteiger charge is -2.43. The number of hydrogen-bond acceptors (Lipinski definition) is 15. The fourth-order valence-corrected chi connectivity index (χ4v) is 11.2. The van der Waals surface area contributed by atoms with E-state index in [1.807, 2.05) is 35.2 Å². The second-order valence-corrected chi connectivity index (χ2v) is 20.0. The number of halogens is 1. The Labute approximate surface area is 387 Å². The molecule has 1 atom stereocenters. The van der Waals surface area contributed by atoms with Crippen LogP contribution in [0, 0.1) is 0 Å². The highest BCUT2D eigenvalue weighted by Gasteiger charge is 2.39. The van der Waals surface area contributed by atoms with E-state index in [0.29, 0.717) is 59.2 Å². The zero-order valence-electron chi connectivity index (χ0n) is 36.6. The van der Waals surface area contributed by atoms with Gasteiger partial charge in [-0.25, -0.2) is 4.98 Å². The molecule has 17 nitrogen and oxygen atoms in total. The third kappa shape index (κ3) is 10.4. The summed E-state index contributed by atoms with van der Waals surface area (Å²) in [5.41, 5.74) is 3.68. The molecule has 3 fully saturated rings. The number of rotatable bonds is 16. The van der Waals surface area contributed by atoms with Crippen LogP contribution in [0.2, 0.25) is 5.02 Å². The Bertz CT molecular complexity index is 2480. The van der Waals surface area contributed by atoms with E-state index in [4.69, 9.17) is 25.4 Å². The number of nitrogens with one attached hydrogen (secondary N) is 3. The number of thioether (sulfide) groups is 1. The van der Waals surface area contributed by atoms with Crippen molar-refractivity contribution in [3.63, 3.8) is 0 Å². The Balaban J connectivity index is 0.770. The van der Waals surface area contributed by atoms with Crippen molar-refractivity contribution in [2.45, 2.75) is 62.0 Å². The fraction of sp³-hybridized carbons (Fsp3) is 0.422. The van der Waals surface area contributed by atoms with Crippen molar-refractivity contribution in [2.75, 3.05) is 81.9 Å². The third-order valence-electron chi connectivity index (χ3n) is 12.4. The van der Waals surface area contributed by atoms with Crippen LogP contribution in [0.25, 0.3) is 0 Å². The van der Waals surface area contributed by atoms with Crippen LogP contribution in [-0.2, 0) is 34.5 Å². The van der Waals surface area contributed by atoms with Crippen molar-refractivity contribution >= 4 is 88.7 Å². The number of methoxy groups -OCH3 is 1. The number of carbonyl (C=O) groups excluding carboxylic acids is 4. The number of aromatic nitrogens is 2. The lowest BCUT2D eigenvalue weighted by molar-refractivity contribution is -0.137. The fourth-order valence-electron chi connectivity index (χ4n) is 8.87. The smallest absolute Gasteiger partial charge is 0.362 e. The summed E-state index contributed by atoms with van der Waals surface area (Å²) >= 11 is 8.15. The molecule has 0 saturated carbocycles. The third-order valence-corrected chi connectivity index (χ3v) is 15.7. The van der Waals surface area contributed by atoms with Gasteiger partial charge in [0.15, 0.2) is 5.82 Å². The van der Waals surface area contributed by atoms with Gasteiger partial charge < -0.3 is 39.1 Å². The number of fused-ring (bicyclic) bond motifs is 1. The number of ether oxygens (including phenoxy) is 1. The summed E-state index contributed by atoms with van der Waals surface area (Å²) in [7, 11) is 0.711. The predicted molar refractivity (Wildman–Crippen MR) is 250 cm³/mol. The molecule has 4 amide bonds. The first-order valence-corrected chi connectivity index (χ1v) is 24.6. The largest absolute Gasteiger partial charge is 0.494 e. The highest BCUT2D eigenvalue weighted by molar-refractivity contribution is 7.99. The summed E-state index contributed by atoms with van der Waals surface area (Å²) in [6, 6.07) is 18.5. The van der Waals surface area contributed by atoms with Crippen LogP contribution in [-0.4, -0.2) is 127 Å². The number of para-hydroxylation sites is 1. The number of benzene rings is 3. The van der Waals surface area contributed by atoms with Crippen LogP contribution in [0.3, 0.4) is 0 Å². The number of imide groups is 1. The molecule has 20 heteroatoms. The molecule has 0 bridgehead atoms. The van der Waals surface area contributed by atoms with E-state index in [9.17, 15) is 23.7 Å². The van der Waals surface area contributed by atoms with E-state index < -0.39 is 19.5 Å². The number of nitrogens with zero attached hydrogens (tertiary/aromatic N) is 6. The molecule has 3 aromatic carbocycles. The Morgan fingerprint density at radius 2 is 1.69 bits per heavy atom. The minimum absolute atomic E-state index is 0.177. The molecular formula is C45H53ClN9O8PS. The molecule has 4 aromatic rings. The van der Waals surface area contributed by atoms with Crippen molar-refractivity contribution in [1.82, 2.24) is 30.0 Å². The Hall–Kier alpha value is -5.23. The van der Waals surface area contributed by atoms with E-state index >= 15 is 0 Å². The molecule has 344 valence electrons. The highest BCUT2D eigenvalue weighted by Crippen LogP contribution is 2.47. The normalized spacial score (nSPS) is 18.4. The molecule has 1 aromatic heterocycles. The van der Waals surface area contributed by atoms with Crippen molar-refractivity contribution in [1.29, 1.82) is 0 Å². The Kier molecular flexibility index (Phi) is 14.6. The topological polar surface area (TPSA) is 188 Å². The van der Waals surface area contributed by atoms with E-state index in [0.717, 1.165) is 80.4 Å². The van der Waals surface area contributed by atoms with Gasteiger partial charge in [0, 0.05) is 101 Å². The lowest BCUT2D eigenvalue weighted by atomic mass is 10.0. The van der Waals surface area contributed by atoms with Gasteiger partial charge in [0.25, 0.3) is 5.91 Å². The number of hydrogen-bond donors (Lipinski definition) is 3. The van der Waals surface area contributed by atoms with Gasteiger partial charge in [0.2, 0.25) is 23.7 Å². The molecule has 5 heterocycles. The van der Waals surface area contributed by atoms with Crippen LogP contribution < -0.4 is 30.9 Å². The van der Waals surface area contributed by atoms with E-state index in [2.05, 4.69) is 41.8 Å². The van der Waals surface area contributed by atoms with Crippen molar-refractivity contribution in [2.24, 2.45) is 0 Å². The Morgan fingerprint density at radius 1 is 0.923 bits per heavy atom. The van der Waals surface area contributed by atoms with E-state index in [-0.39, 0.29) is 35.1 Å². The first-order valence-electron chi connectivity index (χ1n) is 21.7. The summed E-state index contributed by atoms with van der Waals surface area (Å²) in [5.74, 6) is 1.28. The maximum atomic E-state index is 13.2. The molecule has 4 aliphatic rings. The van der Waals surface area contributed by atoms with Gasteiger partial charge in [-0.3, -0.25) is 34.0 Å². The Morgan fingerprint density at radius 3 is 2.43 bits per heavy atom. The molecule has 0 radical (unpaired) electrons. The first-order chi connectivity index (χ1) is 31.5. The highest BCUT2D eigenvalue weighted by atomic mass is 35.5. The average Bonchev–Trinajstić information content (AvgIpc) is 3.65. The zero-order chi connectivity index (χ0) is 45.7. The standard InChI is InChI=1S/C45H53ClN9O8PS/c1-61-38-26-31(10-13-35(38)49-45-47-27-34(46)42(51-45)48-36-7-4-5-8-39(36)64(60,62-2)63-3)52-18-16-30(17-19-52)53-20-22-54(23-21-53)41(57)9-6-24-65-32-11-12-33-29(25-32)28-55(44(33)59)37-14-15-40(56)50-43(37)58/h4-5,7-8,10-13,25-27,30,37H,6,9,14-24,28H2,1-3H3,(H,50,56,58)(H2,47,48,49,51). The van der Waals surface area contributed by atoms with Gasteiger partial charge in [-0.15, -0.1) is 11.8 Å². The summed E-state index contributed by atoms with van der Waals surface area (Å²) < 4.78 is 29.4. The second-order valence-electron chi connectivity index (χ2n) is 16.2. The maximum absolute atomic E-state index is 13.2. The van der Waals surface area contributed by atoms with Gasteiger partial charge in [-0.1, -0.05) is 23.7 Å². The molecule has 1 unspecified atom stereocenters. The lowest BCUT2D eigenvalue weighted by Crippen LogP contribution is -2.54. The van der Waals surface area contributed by atoms with E-state index in [1.54, 1.807) is 48.0 Å². The monoisotopic (exact) mass is 945 g/mol. The molecule has 65 heavy (non-hydrogen) atoms. The summed E-state index contributed by atoms with van der Waals surface area (Å²) in [6.07, 6.45) is 5.32. The molecule has 0 spiro atoms. The number of piperidine rings is 2. The molecule has 0 aliphatic carbocycles. The van der Waals surface area contributed by atoms with Gasteiger partial charge in [0.1, 0.15) is 16.8 Å². The SMILES string of the molecule is COc1cc(N2CCC(N3CCN(C(=O)CCCSc4ccc5c(c4)CN(C4CCC(=O)NC4=O)C5=O)CC3)CC2)ccc1Nc1ncc(Cl)c(Nc2ccccc2P(=O)(OC)OC)n1. The second kappa shape index (κ2) is 20.5. The van der Waals surface area contributed by atoms with Crippen molar-refractivity contribution < 1.29 is 37.5 Å². The molecule has 3 saturated heterocycles. The maximum Gasteiger partial charge on any atom is 0.362 e. The van der Waals surface area contributed by atoms with Crippen LogP contribution in [0.5, 0.6) is 5.75 Å². The summed E-state index contributed by atoms with van der Waals surface area (Å²) in [4.78, 5) is 68.7. The molecular weight excluding hydrogens is 893 g/mol.